The number of carboxylic acid groups (broad SMARTS) is 1. The maximum Gasteiger partial charge on any atom is 0.356 e. The topological polar surface area (TPSA) is 75.5 Å². The number of aromatic carboxylic acids is 1. The second kappa shape index (κ2) is 5.09. The third-order valence-corrected chi connectivity index (χ3v) is 2.94. The van der Waals surface area contributed by atoms with Crippen LogP contribution in [0.25, 0.3) is 0 Å². The molecule has 2 rings (SSSR count). The second-order valence-corrected chi connectivity index (χ2v) is 3.99. The van der Waals surface area contributed by atoms with E-state index in [4.69, 9.17) is 9.84 Å². The van der Waals surface area contributed by atoms with Crippen LogP contribution in [0.4, 0.5) is 5.82 Å². The van der Waals surface area contributed by atoms with Crippen LogP contribution in [0.1, 0.15) is 23.3 Å². The third-order valence-electron chi connectivity index (χ3n) is 2.94. The lowest BCUT2D eigenvalue weighted by Crippen LogP contribution is -2.37. The number of ether oxygens (including phenoxy) is 1. The first-order valence-corrected chi connectivity index (χ1v) is 5.54. The Morgan fingerprint density at radius 3 is 2.76 bits per heavy atom. The van der Waals surface area contributed by atoms with Gasteiger partial charge in [-0.25, -0.2) is 9.78 Å². The highest BCUT2D eigenvalue weighted by atomic mass is 16.5. The van der Waals surface area contributed by atoms with Gasteiger partial charge in [-0.05, 0) is 12.8 Å². The van der Waals surface area contributed by atoms with E-state index in [9.17, 15) is 4.79 Å². The fourth-order valence-electron chi connectivity index (χ4n) is 1.93. The van der Waals surface area contributed by atoms with Crippen molar-refractivity contribution in [3.63, 3.8) is 0 Å². The van der Waals surface area contributed by atoms with Gasteiger partial charge in [-0.15, -0.1) is 0 Å². The van der Waals surface area contributed by atoms with Gasteiger partial charge < -0.3 is 14.7 Å². The smallest absolute Gasteiger partial charge is 0.356 e. The van der Waals surface area contributed by atoms with Crippen molar-refractivity contribution in [2.24, 2.45) is 0 Å². The summed E-state index contributed by atoms with van der Waals surface area (Å²) in [5.74, 6) is -0.425. The average Bonchev–Trinajstić information content (AvgIpc) is 2.39. The SMILES string of the molecule is COC1CCN(c2cncc(C(=O)O)n2)CC1. The van der Waals surface area contributed by atoms with Crippen molar-refractivity contribution in [3.05, 3.63) is 18.1 Å². The fourth-order valence-corrected chi connectivity index (χ4v) is 1.93. The minimum atomic E-state index is -1.05. The standard InChI is InChI=1S/C11H15N3O3/c1-17-8-2-4-14(5-3-8)10-7-12-6-9(13-10)11(15)16/h6-8H,2-5H2,1H3,(H,15,16). The van der Waals surface area contributed by atoms with Crippen molar-refractivity contribution < 1.29 is 14.6 Å². The lowest BCUT2D eigenvalue weighted by Gasteiger charge is -2.31. The van der Waals surface area contributed by atoms with E-state index in [1.807, 2.05) is 4.90 Å². The van der Waals surface area contributed by atoms with Crippen LogP contribution in [-0.4, -0.2) is 47.3 Å². The molecule has 0 atom stereocenters. The molecule has 0 spiro atoms. The molecule has 0 bridgehead atoms. The Balaban J connectivity index is 2.08. The lowest BCUT2D eigenvalue weighted by molar-refractivity contribution is 0.0689. The van der Waals surface area contributed by atoms with Crippen LogP contribution >= 0.6 is 0 Å². The van der Waals surface area contributed by atoms with Gasteiger partial charge in [0.25, 0.3) is 0 Å². The minimum absolute atomic E-state index is 0.0173. The largest absolute Gasteiger partial charge is 0.476 e. The van der Waals surface area contributed by atoms with Crippen molar-refractivity contribution >= 4 is 11.8 Å². The van der Waals surface area contributed by atoms with Gasteiger partial charge in [0.15, 0.2) is 5.69 Å². The molecule has 6 nitrogen and oxygen atoms in total. The van der Waals surface area contributed by atoms with Gasteiger partial charge in [0.1, 0.15) is 5.82 Å². The Labute approximate surface area is 99.2 Å². The van der Waals surface area contributed by atoms with Crippen LogP contribution in [-0.2, 0) is 4.74 Å². The number of carbonyl (C=O) groups is 1. The zero-order valence-electron chi connectivity index (χ0n) is 9.67. The van der Waals surface area contributed by atoms with Crippen LogP contribution in [0.5, 0.6) is 0 Å². The molecular formula is C11H15N3O3. The minimum Gasteiger partial charge on any atom is -0.476 e. The molecule has 1 saturated heterocycles. The summed E-state index contributed by atoms with van der Waals surface area (Å²) < 4.78 is 5.28. The van der Waals surface area contributed by atoms with Crippen molar-refractivity contribution in [2.45, 2.75) is 18.9 Å². The molecule has 0 radical (unpaired) electrons. The molecule has 1 aromatic rings. The van der Waals surface area contributed by atoms with Gasteiger partial charge in [-0.1, -0.05) is 0 Å². The molecular weight excluding hydrogens is 222 g/mol. The van der Waals surface area contributed by atoms with E-state index in [1.54, 1.807) is 13.3 Å². The van der Waals surface area contributed by atoms with Crippen molar-refractivity contribution in [3.8, 4) is 0 Å². The Kier molecular flexibility index (Phi) is 3.53. The number of hydrogen-bond acceptors (Lipinski definition) is 5. The monoisotopic (exact) mass is 237 g/mol. The van der Waals surface area contributed by atoms with Gasteiger partial charge in [0, 0.05) is 20.2 Å². The summed E-state index contributed by atoms with van der Waals surface area (Å²) in [4.78, 5) is 20.8. The van der Waals surface area contributed by atoms with Crippen LogP contribution in [0.3, 0.4) is 0 Å². The summed E-state index contributed by atoms with van der Waals surface area (Å²) in [6.07, 6.45) is 5.00. The van der Waals surface area contributed by atoms with Crippen LogP contribution < -0.4 is 4.90 Å². The third kappa shape index (κ3) is 2.71. The average molecular weight is 237 g/mol. The number of nitrogens with zero attached hydrogens (tertiary/aromatic N) is 3. The summed E-state index contributed by atoms with van der Waals surface area (Å²) in [6.45, 7) is 1.63. The molecule has 0 unspecified atom stereocenters. The van der Waals surface area contributed by atoms with Gasteiger partial charge >= 0.3 is 5.97 Å². The van der Waals surface area contributed by atoms with E-state index in [0.717, 1.165) is 25.9 Å². The van der Waals surface area contributed by atoms with Gasteiger partial charge in [0.05, 0.1) is 18.5 Å². The highest BCUT2D eigenvalue weighted by molar-refractivity contribution is 5.85. The summed E-state index contributed by atoms with van der Waals surface area (Å²) in [7, 11) is 1.71. The lowest BCUT2D eigenvalue weighted by atomic mass is 10.1. The zero-order chi connectivity index (χ0) is 12.3. The van der Waals surface area contributed by atoms with Crippen molar-refractivity contribution in [2.75, 3.05) is 25.1 Å². The number of carboxylic acids is 1. The van der Waals surface area contributed by atoms with E-state index < -0.39 is 5.97 Å². The molecule has 17 heavy (non-hydrogen) atoms. The molecule has 0 saturated carbocycles. The molecule has 0 aliphatic carbocycles. The van der Waals surface area contributed by atoms with E-state index in [0.29, 0.717) is 11.9 Å². The molecule has 0 aromatic carbocycles. The molecule has 2 heterocycles. The summed E-state index contributed by atoms with van der Waals surface area (Å²) >= 11 is 0. The highest BCUT2D eigenvalue weighted by Crippen LogP contribution is 2.18. The summed E-state index contributed by atoms with van der Waals surface area (Å²) in [5, 5.41) is 8.85. The Morgan fingerprint density at radius 1 is 1.47 bits per heavy atom. The van der Waals surface area contributed by atoms with Crippen LogP contribution in [0, 0.1) is 0 Å². The normalized spacial score (nSPS) is 17.1. The maximum atomic E-state index is 10.8. The van der Waals surface area contributed by atoms with E-state index in [-0.39, 0.29) is 5.69 Å². The number of aromatic nitrogens is 2. The predicted octanol–water partition coefficient (Wildman–Crippen LogP) is 0.790. The molecule has 1 fully saturated rings. The fraction of sp³-hybridized carbons (Fsp3) is 0.545. The first kappa shape index (κ1) is 11.8. The van der Waals surface area contributed by atoms with Crippen LogP contribution in [0.2, 0.25) is 0 Å². The molecule has 0 amide bonds. The highest BCUT2D eigenvalue weighted by Gasteiger charge is 2.20. The van der Waals surface area contributed by atoms with Gasteiger partial charge in [0.2, 0.25) is 0 Å². The maximum absolute atomic E-state index is 10.8. The predicted molar refractivity (Wildman–Crippen MR) is 61.2 cm³/mol. The Hall–Kier alpha value is -1.69. The van der Waals surface area contributed by atoms with Gasteiger partial charge in [-0.3, -0.25) is 4.98 Å². The van der Waals surface area contributed by atoms with E-state index in [2.05, 4.69) is 9.97 Å². The summed E-state index contributed by atoms with van der Waals surface area (Å²) in [6, 6.07) is 0. The van der Waals surface area contributed by atoms with Crippen LogP contribution in [0.15, 0.2) is 12.4 Å². The second-order valence-electron chi connectivity index (χ2n) is 3.99. The number of anilines is 1. The van der Waals surface area contributed by atoms with Gasteiger partial charge in [-0.2, -0.15) is 0 Å². The molecule has 1 N–H and O–H groups in total. The molecule has 92 valence electrons. The molecule has 1 aliphatic rings. The molecule has 6 heteroatoms. The van der Waals surface area contributed by atoms with Crippen molar-refractivity contribution in [1.29, 1.82) is 0 Å². The van der Waals surface area contributed by atoms with E-state index in [1.165, 1.54) is 6.20 Å². The number of hydrogen-bond donors (Lipinski definition) is 1. The first-order chi connectivity index (χ1) is 8.20. The quantitative estimate of drug-likeness (QED) is 0.837. The number of rotatable bonds is 3. The first-order valence-electron chi connectivity index (χ1n) is 5.54. The Bertz CT molecular complexity index is 403. The van der Waals surface area contributed by atoms with E-state index >= 15 is 0 Å². The molecule has 1 aromatic heterocycles. The Morgan fingerprint density at radius 2 is 2.18 bits per heavy atom. The number of piperidine rings is 1. The number of methoxy groups -OCH3 is 1. The molecule has 1 aliphatic heterocycles. The van der Waals surface area contributed by atoms with Crippen molar-refractivity contribution in [1.82, 2.24) is 9.97 Å². The zero-order valence-corrected chi connectivity index (χ0v) is 9.67. The summed E-state index contributed by atoms with van der Waals surface area (Å²) in [5.41, 5.74) is -0.0173.